The Morgan fingerprint density at radius 3 is 2.44 bits per heavy atom. The van der Waals surface area contributed by atoms with E-state index < -0.39 is 0 Å². The third-order valence-electron chi connectivity index (χ3n) is 3.34. The van der Waals surface area contributed by atoms with Crippen molar-refractivity contribution in [1.29, 1.82) is 0 Å². The fourth-order valence-corrected chi connectivity index (χ4v) is 2.81. The second-order valence-electron chi connectivity index (χ2n) is 4.98. The van der Waals surface area contributed by atoms with Crippen LogP contribution in [-0.2, 0) is 0 Å². The molecule has 0 aliphatic rings. The largest absolute Gasteiger partial charge is 0.387 e. The van der Waals surface area contributed by atoms with Crippen molar-refractivity contribution in [1.82, 2.24) is 4.98 Å². The number of pyridine rings is 1. The van der Waals surface area contributed by atoms with Gasteiger partial charge in [-0.25, -0.2) is 0 Å². The molecule has 3 heteroatoms. The second-order valence-corrected chi connectivity index (χ2v) is 5.39. The standard InChI is InChI=1S/C15H19ClN2/c1-8(2)12-10(4)18-14-9(3)6-7-11(16)13(14)15(12)17-5/h6-8H,1-5H3,(H,17,18). The number of anilines is 1. The third-order valence-corrected chi connectivity index (χ3v) is 3.66. The predicted molar refractivity (Wildman–Crippen MR) is 79.9 cm³/mol. The molecule has 0 amide bonds. The van der Waals surface area contributed by atoms with E-state index in [-0.39, 0.29) is 0 Å². The van der Waals surface area contributed by atoms with Crippen LogP contribution in [0, 0.1) is 13.8 Å². The Morgan fingerprint density at radius 2 is 1.89 bits per heavy atom. The summed E-state index contributed by atoms with van der Waals surface area (Å²) in [5.41, 5.74) is 5.59. The molecule has 1 aromatic heterocycles. The van der Waals surface area contributed by atoms with Gasteiger partial charge in [0.05, 0.1) is 16.2 Å². The molecule has 2 aromatic rings. The van der Waals surface area contributed by atoms with Crippen molar-refractivity contribution in [3.05, 3.63) is 34.0 Å². The van der Waals surface area contributed by atoms with Gasteiger partial charge >= 0.3 is 0 Å². The Kier molecular flexibility index (Phi) is 3.49. The maximum Gasteiger partial charge on any atom is 0.0770 e. The zero-order chi connectivity index (χ0) is 13.4. The average molecular weight is 263 g/mol. The minimum atomic E-state index is 0.418. The lowest BCUT2D eigenvalue weighted by atomic mass is 9.96. The molecule has 0 fully saturated rings. The summed E-state index contributed by atoms with van der Waals surface area (Å²) in [4.78, 5) is 4.74. The van der Waals surface area contributed by atoms with Crippen molar-refractivity contribution >= 4 is 28.2 Å². The van der Waals surface area contributed by atoms with Crippen LogP contribution < -0.4 is 5.32 Å². The Hall–Kier alpha value is -1.28. The van der Waals surface area contributed by atoms with Gasteiger partial charge in [-0.15, -0.1) is 0 Å². The lowest BCUT2D eigenvalue weighted by Gasteiger charge is -2.19. The third kappa shape index (κ3) is 1.95. The van der Waals surface area contributed by atoms with E-state index in [0.29, 0.717) is 5.92 Å². The summed E-state index contributed by atoms with van der Waals surface area (Å²) < 4.78 is 0. The van der Waals surface area contributed by atoms with Crippen LogP contribution in [0.3, 0.4) is 0 Å². The maximum atomic E-state index is 6.36. The van der Waals surface area contributed by atoms with Gasteiger partial charge in [0.1, 0.15) is 0 Å². The van der Waals surface area contributed by atoms with Crippen LogP contribution in [0.15, 0.2) is 12.1 Å². The number of nitrogens with one attached hydrogen (secondary N) is 1. The van der Waals surface area contributed by atoms with Gasteiger partial charge in [0.15, 0.2) is 0 Å². The number of hydrogen-bond acceptors (Lipinski definition) is 2. The van der Waals surface area contributed by atoms with Gasteiger partial charge in [-0.3, -0.25) is 4.98 Å². The van der Waals surface area contributed by atoms with Gasteiger partial charge in [-0.2, -0.15) is 0 Å². The number of nitrogens with zero attached hydrogens (tertiary/aromatic N) is 1. The van der Waals surface area contributed by atoms with E-state index in [1.807, 2.05) is 19.2 Å². The Labute approximate surface area is 113 Å². The van der Waals surface area contributed by atoms with E-state index in [0.717, 1.165) is 32.9 Å². The monoisotopic (exact) mass is 262 g/mol. The number of rotatable bonds is 2. The summed E-state index contributed by atoms with van der Waals surface area (Å²) in [5, 5.41) is 5.10. The summed E-state index contributed by atoms with van der Waals surface area (Å²) in [6.07, 6.45) is 0. The number of hydrogen-bond donors (Lipinski definition) is 1. The summed E-state index contributed by atoms with van der Waals surface area (Å²) >= 11 is 6.36. The minimum absolute atomic E-state index is 0.418. The average Bonchev–Trinajstić information content (AvgIpc) is 2.32. The molecular formula is C15H19ClN2. The number of aromatic nitrogens is 1. The summed E-state index contributed by atoms with van der Waals surface area (Å²) in [6.45, 7) is 8.50. The highest BCUT2D eigenvalue weighted by Gasteiger charge is 2.17. The fourth-order valence-electron chi connectivity index (χ4n) is 2.56. The van der Waals surface area contributed by atoms with Crippen molar-refractivity contribution in [3.63, 3.8) is 0 Å². The molecule has 96 valence electrons. The number of halogens is 1. The van der Waals surface area contributed by atoms with Crippen molar-refractivity contribution in [2.75, 3.05) is 12.4 Å². The molecule has 0 atom stereocenters. The summed E-state index contributed by atoms with van der Waals surface area (Å²) in [6, 6.07) is 3.97. The molecule has 0 spiro atoms. The molecule has 0 unspecified atom stereocenters. The Balaban J connectivity index is 2.99. The van der Waals surface area contributed by atoms with E-state index in [4.69, 9.17) is 16.6 Å². The minimum Gasteiger partial charge on any atom is -0.387 e. The van der Waals surface area contributed by atoms with Crippen LogP contribution in [0.1, 0.15) is 36.6 Å². The molecule has 2 rings (SSSR count). The van der Waals surface area contributed by atoms with E-state index >= 15 is 0 Å². The topological polar surface area (TPSA) is 24.9 Å². The van der Waals surface area contributed by atoms with Gasteiger partial charge in [-0.05, 0) is 37.0 Å². The molecule has 0 bridgehead atoms. The van der Waals surface area contributed by atoms with Crippen LogP contribution in [0.4, 0.5) is 5.69 Å². The molecule has 2 nitrogen and oxygen atoms in total. The van der Waals surface area contributed by atoms with Gasteiger partial charge in [-0.1, -0.05) is 31.5 Å². The maximum absolute atomic E-state index is 6.36. The predicted octanol–water partition coefficient (Wildman–Crippen LogP) is 4.67. The van der Waals surface area contributed by atoms with Crippen molar-refractivity contribution in [2.45, 2.75) is 33.6 Å². The molecule has 1 aromatic carbocycles. The highest BCUT2D eigenvalue weighted by molar-refractivity contribution is 6.36. The van der Waals surface area contributed by atoms with Gasteiger partial charge in [0.25, 0.3) is 0 Å². The lowest BCUT2D eigenvalue weighted by molar-refractivity contribution is 0.849. The molecule has 1 heterocycles. The normalized spacial score (nSPS) is 11.3. The van der Waals surface area contributed by atoms with Crippen LogP contribution >= 0.6 is 11.6 Å². The first-order chi connectivity index (χ1) is 8.47. The van der Waals surface area contributed by atoms with Crippen molar-refractivity contribution in [3.8, 4) is 0 Å². The van der Waals surface area contributed by atoms with Crippen LogP contribution in [0.25, 0.3) is 10.9 Å². The van der Waals surface area contributed by atoms with Crippen LogP contribution in [0.2, 0.25) is 5.02 Å². The van der Waals surface area contributed by atoms with E-state index in [1.54, 1.807) is 0 Å². The quantitative estimate of drug-likeness (QED) is 0.851. The van der Waals surface area contributed by atoms with Gasteiger partial charge in [0, 0.05) is 18.1 Å². The van der Waals surface area contributed by atoms with Crippen LogP contribution in [0.5, 0.6) is 0 Å². The van der Waals surface area contributed by atoms with Gasteiger partial charge < -0.3 is 5.32 Å². The number of fused-ring (bicyclic) bond motifs is 1. The SMILES string of the molecule is CNc1c(C(C)C)c(C)nc2c(C)ccc(Cl)c12. The Morgan fingerprint density at radius 1 is 1.22 bits per heavy atom. The molecule has 0 aliphatic carbocycles. The highest BCUT2D eigenvalue weighted by Crippen LogP contribution is 2.37. The van der Waals surface area contributed by atoms with E-state index in [1.165, 1.54) is 5.56 Å². The molecule has 18 heavy (non-hydrogen) atoms. The molecule has 0 saturated heterocycles. The number of benzene rings is 1. The zero-order valence-electron chi connectivity index (χ0n) is 11.6. The first-order valence-corrected chi connectivity index (χ1v) is 6.62. The first-order valence-electron chi connectivity index (χ1n) is 6.24. The smallest absolute Gasteiger partial charge is 0.0770 e. The fraction of sp³-hybridized carbons (Fsp3) is 0.400. The van der Waals surface area contributed by atoms with E-state index in [9.17, 15) is 0 Å². The Bertz CT molecular complexity index is 603. The van der Waals surface area contributed by atoms with Crippen molar-refractivity contribution in [2.24, 2.45) is 0 Å². The lowest BCUT2D eigenvalue weighted by Crippen LogP contribution is -2.04. The molecular weight excluding hydrogens is 244 g/mol. The van der Waals surface area contributed by atoms with Gasteiger partial charge in [0.2, 0.25) is 0 Å². The van der Waals surface area contributed by atoms with E-state index in [2.05, 4.69) is 33.0 Å². The summed E-state index contributed by atoms with van der Waals surface area (Å²) in [5.74, 6) is 0.418. The molecule has 0 radical (unpaired) electrons. The highest BCUT2D eigenvalue weighted by atomic mass is 35.5. The molecule has 1 N–H and O–H groups in total. The zero-order valence-corrected chi connectivity index (χ0v) is 12.3. The van der Waals surface area contributed by atoms with Crippen molar-refractivity contribution < 1.29 is 0 Å². The second kappa shape index (κ2) is 4.77. The summed E-state index contributed by atoms with van der Waals surface area (Å²) in [7, 11) is 1.94. The molecule has 0 aliphatic heterocycles. The first kappa shape index (κ1) is 13.2. The number of aryl methyl sites for hydroxylation is 2. The van der Waals surface area contributed by atoms with Crippen LogP contribution in [-0.4, -0.2) is 12.0 Å². The molecule has 0 saturated carbocycles.